The number of carbonyl (C=O) groups is 2. The number of aliphatic carboxylic acids is 1. The topological polar surface area (TPSA) is 66.4 Å². The molecular weight excluding hydrogens is 339 g/mol. The van der Waals surface area contributed by atoms with E-state index in [1.54, 1.807) is 0 Å². The predicted octanol–water partition coefficient (Wildman–Crippen LogP) is 3.58. The maximum absolute atomic E-state index is 12.3. The highest BCUT2D eigenvalue weighted by atomic mass is 35.5. The Balaban J connectivity index is 2.29. The first-order chi connectivity index (χ1) is 10.8. The minimum absolute atomic E-state index is 0.0225. The minimum atomic E-state index is -1.36. The number of ketones is 1. The van der Waals surface area contributed by atoms with E-state index < -0.39 is 11.6 Å². The van der Waals surface area contributed by atoms with Gasteiger partial charge in [0.05, 0.1) is 11.0 Å². The van der Waals surface area contributed by atoms with Crippen molar-refractivity contribution in [2.45, 2.75) is 44.6 Å². The molecule has 1 aliphatic rings. The van der Waals surface area contributed by atoms with E-state index in [9.17, 15) is 14.7 Å². The van der Waals surface area contributed by atoms with Crippen LogP contribution in [0.2, 0.25) is 10.0 Å². The van der Waals surface area contributed by atoms with E-state index in [-0.39, 0.29) is 27.1 Å². The summed E-state index contributed by atoms with van der Waals surface area (Å²) in [5.41, 5.74) is -0.674. The number of Topliss-reactive ketones (excluding diaryl/α,β-unsaturated/α-hetero) is 1. The predicted molar refractivity (Wildman–Crippen MR) is 87.1 cm³/mol. The molecule has 1 aromatic carbocycles. The summed E-state index contributed by atoms with van der Waals surface area (Å²) in [5.74, 6) is -1.41. The second kappa shape index (κ2) is 6.93. The van der Waals surface area contributed by atoms with Gasteiger partial charge in [0.1, 0.15) is 16.4 Å². The van der Waals surface area contributed by atoms with Crippen molar-refractivity contribution in [2.24, 2.45) is 0 Å². The average molecular weight is 356 g/mol. The van der Waals surface area contributed by atoms with Gasteiger partial charge in [-0.1, -0.05) is 43.1 Å². The second-order valence-electron chi connectivity index (χ2n) is 5.66. The molecule has 0 heterocycles. The minimum Gasteiger partial charge on any atom is -0.546 e. The van der Waals surface area contributed by atoms with Crippen LogP contribution in [0.4, 0.5) is 0 Å². The third kappa shape index (κ3) is 3.38. The Morgan fingerprint density at radius 1 is 1.30 bits per heavy atom. The third-order valence-corrected chi connectivity index (χ3v) is 4.87. The number of halogens is 2. The lowest BCUT2D eigenvalue weighted by molar-refractivity contribution is -0.327. The van der Waals surface area contributed by atoms with Crippen LogP contribution >= 0.6 is 23.2 Å². The van der Waals surface area contributed by atoms with Gasteiger partial charge in [-0.3, -0.25) is 4.79 Å². The molecule has 0 spiro atoms. The number of carbonyl (C=O) groups excluding carboxylic acids is 2. The molecule has 1 saturated carbocycles. The number of allylic oxidation sites excluding steroid dienone is 1. The Morgan fingerprint density at radius 3 is 2.43 bits per heavy atom. The molecule has 0 aromatic heterocycles. The fourth-order valence-electron chi connectivity index (χ4n) is 2.45. The molecule has 2 rings (SSSR count). The van der Waals surface area contributed by atoms with Crippen LogP contribution in [0.25, 0.3) is 0 Å². The van der Waals surface area contributed by atoms with Gasteiger partial charge in [-0.05, 0) is 43.4 Å². The molecule has 0 radical (unpaired) electrons. The SMILES string of the molecule is C=C(CCC)C(=O)c1ccc(OC2(C(=O)[O-])CCC2)c(Cl)c1Cl. The number of carboxylic acid groups (broad SMARTS) is 1. The summed E-state index contributed by atoms with van der Waals surface area (Å²) in [7, 11) is 0. The molecule has 0 unspecified atom stereocenters. The molecule has 124 valence electrons. The smallest absolute Gasteiger partial charge is 0.189 e. The van der Waals surface area contributed by atoms with E-state index in [0.29, 0.717) is 24.8 Å². The van der Waals surface area contributed by atoms with Gasteiger partial charge < -0.3 is 14.6 Å². The normalized spacial score (nSPS) is 15.6. The highest BCUT2D eigenvalue weighted by molar-refractivity contribution is 6.45. The molecule has 0 aliphatic heterocycles. The Bertz CT molecular complexity index is 663. The first kappa shape index (κ1) is 17.8. The van der Waals surface area contributed by atoms with Gasteiger partial charge in [-0.25, -0.2) is 0 Å². The zero-order valence-corrected chi connectivity index (χ0v) is 14.3. The van der Waals surface area contributed by atoms with Crippen molar-refractivity contribution >= 4 is 35.0 Å². The van der Waals surface area contributed by atoms with Gasteiger partial charge in [-0.15, -0.1) is 0 Å². The van der Waals surface area contributed by atoms with Crippen LogP contribution in [0.15, 0.2) is 24.3 Å². The average Bonchev–Trinajstić information content (AvgIpc) is 2.46. The molecule has 4 nitrogen and oxygen atoms in total. The summed E-state index contributed by atoms with van der Waals surface area (Å²) in [5, 5.41) is 11.3. The van der Waals surface area contributed by atoms with Gasteiger partial charge in [-0.2, -0.15) is 0 Å². The Morgan fingerprint density at radius 2 is 1.96 bits per heavy atom. The third-order valence-electron chi connectivity index (χ3n) is 4.00. The van der Waals surface area contributed by atoms with Crippen LogP contribution in [0.5, 0.6) is 5.75 Å². The number of carboxylic acids is 1. The molecular formula is C17H17Cl2O4-. The van der Waals surface area contributed by atoms with Gasteiger partial charge >= 0.3 is 0 Å². The Hall–Kier alpha value is -1.52. The highest BCUT2D eigenvalue weighted by Gasteiger charge is 2.41. The lowest BCUT2D eigenvalue weighted by Crippen LogP contribution is -2.57. The fraction of sp³-hybridized carbons (Fsp3) is 0.412. The lowest BCUT2D eigenvalue weighted by Gasteiger charge is -2.42. The molecule has 1 aromatic rings. The number of hydrogen-bond acceptors (Lipinski definition) is 4. The van der Waals surface area contributed by atoms with E-state index in [4.69, 9.17) is 27.9 Å². The maximum Gasteiger partial charge on any atom is 0.189 e. The van der Waals surface area contributed by atoms with E-state index in [2.05, 4.69) is 6.58 Å². The van der Waals surface area contributed by atoms with Gasteiger partial charge in [0.25, 0.3) is 0 Å². The van der Waals surface area contributed by atoms with Crippen LogP contribution in [0.1, 0.15) is 49.4 Å². The van der Waals surface area contributed by atoms with Crippen LogP contribution < -0.4 is 9.84 Å². The summed E-state index contributed by atoms with van der Waals surface area (Å²) < 4.78 is 5.54. The quantitative estimate of drug-likeness (QED) is 0.553. The summed E-state index contributed by atoms with van der Waals surface area (Å²) >= 11 is 12.3. The number of ether oxygens (including phenoxy) is 1. The van der Waals surface area contributed by atoms with Crippen molar-refractivity contribution in [3.05, 3.63) is 39.9 Å². The van der Waals surface area contributed by atoms with Crippen molar-refractivity contribution in [2.75, 3.05) is 0 Å². The summed E-state index contributed by atoms with van der Waals surface area (Å²) in [4.78, 5) is 23.6. The van der Waals surface area contributed by atoms with Crippen molar-refractivity contribution in [3.63, 3.8) is 0 Å². The molecule has 1 aliphatic carbocycles. The van der Waals surface area contributed by atoms with E-state index >= 15 is 0 Å². The van der Waals surface area contributed by atoms with Crippen molar-refractivity contribution in [1.82, 2.24) is 0 Å². The monoisotopic (exact) mass is 355 g/mol. The summed E-state index contributed by atoms with van der Waals surface area (Å²) in [6, 6.07) is 2.94. The molecule has 0 bridgehead atoms. The second-order valence-corrected chi connectivity index (χ2v) is 6.42. The van der Waals surface area contributed by atoms with Gasteiger partial charge in [0.2, 0.25) is 0 Å². The Labute approximate surface area is 145 Å². The molecule has 6 heteroatoms. The molecule has 0 amide bonds. The molecule has 0 atom stereocenters. The van der Waals surface area contributed by atoms with Crippen LogP contribution in [-0.4, -0.2) is 17.4 Å². The van der Waals surface area contributed by atoms with Crippen molar-refractivity contribution < 1.29 is 19.4 Å². The number of hydrogen-bond donors (Lipinski definition) is 0. The number of rotatable bonds is 7. The number of benzene rings is 1. The van der Waals surface area contributed by atoms with E-state index in [1.165, 1.54) is 12.1 Å². The zero-order chi connectivity index (χ0) is 17.2. The van der Waals surface area contributed by atoms with Crippen molar-refractivity contribution in [1.29, 1.82) is 0 Å². The van der Waals surface area contributed by atoms with Crippen LogP contribution in [0, 0.1) is 0 Å². The van der Waals surface area contributed by atoms with Crippen LogP contribution in [0.3, 0.4) is 0 Å². The molecule has 1 fully saturated rings. The van der Waals surface area contributed by atoms with Gasteiger partial charge in [0.15, 0.2) is 5.78 Å². The van der Waals surface area contributed by atoms with Crippen molar-refractivity contribution in [3.8, 4) is 5.75 Å². The summed E-state index contributed by atoms with van der Waals surface area (Å²) in [6.45, 7) is 5.70. The molecule has 0 saturated heterocycles. The van der Waals surface area contributed by atoms with E-state index in [0.717, 1.165) is 12.8 Å². The Kier molecular flexibility index (Phi) is 5.37. The lowest BCUT2D eigenvalue weighted by atomic mass is 9.80. The molecule has 23 heavy (non-hydrogen) atoms. The fourth-order valence-corrected chi connectivity index (χ4v) is 2.89. The standard InChI is InChI=1S/C17H18Cl2O4/c1-3-5-10(2)15(20)11-6-7-12(14(19)13(11)18)23-17(16(21)22)8-4-9-17/h6-7H,2-5,8-9H2,1H3,(H,21,22)/p-1. The molecule has 0 N–H and O–H groups in total. The first-order valence-corrected chi connectivity index (χ1v) is 8.19. The summed E-state index contributed by atoms with van der Waals surface area (Å²) in [6.07, 6.45) is 2.82. The highest BCUT2D eigenvalue weighted by Crippen LogP contribution is 2.42. The zero-order valence-electron chi connectivity index (χ0n) is 12.8. The van der Waals surface area contributed by atoms with Crippen LogP contribution in [-0.2, 0) is 4.79 Å². The van der Waals surface area contributed by atoms with Gasteiger partial charge in [0, 0.05) is 5.56 Å². The first-order valence-electron chi connectivity index (χ1n) is 7.43. The van der Waals surface area contributed by atoms with E-state index in [1.807, 2.05) is 6.92 Å². The largest absolute Gasteiger partial charge is 0.546 e. The maximum atomic E-state index is 12.3.